The van der Waals surface area contributed by atoms with Crippen molar-refractivity contribution in [1.29, 1.82) is 0 Å². The number of nitrogens with zero attached hydrogens (tertiary/aromatic N) is 1. The number of thioether (sulfide) groups is 1. The SMILES string of the molecule is C[C@H]1NCC(CN2CCCC2)S1. The molecule has 0 spiro atoms. The van der Waals surface area contributed by atoms with Crippen LogP contribution < -0.4 is 5.32 Å². The predicted octanol–water partition coefficient (Wildman–Crippen LogP) is 1.13. The summed E-state index contributed by atoms with van der Waals surface area (Å²) in [6.45, 7) is 7.45. The number of nitrogens with one attached hydrogen (secondary N) is 1. The standard InChI is InChI=1S/C9H18N2S/c1-8-10-6-9(12-8)7-11-4-2-3-5-11/h8-10H,2-7H2,1H3/t8-,9?/m0/s1. The number of hydrogen-bond donors (Lipinski definition) is 1. The van der Waals surface area contributed by atoms with Crippen molar-refractivity contribution < 1.29 is 0 Å². The van der Waals surface area contributed by atoms with Gasteiger partial charge in [-0.1, -0.05) is 0 Å². The highest BCUT2D eigenvalue weighted by Crippen LogP contribution is 2.23. The molecule has 1 unspecified atom stereocenters. The third-order valence-electron chi connectivity index (χ3n) is 2.69. The van der Waals surface area contributed by atoms with Crippen LogP contribution in [-0.2, 0) is 0 Å². The summed E-state index contributed by atoms with van der Waals surface area (Å²) in [7, 11) is 0. The molecule has 12 heavy (non-hydrogen) atoms. The smallest absolute Gasteiger partial charge is 0.0507 e. The van der Waals surface area contributed by atoms with Gasteiger partial charge in [-0.2, -0.15) is 0 Å². The van der Waals surface area contributed by atoms with Gasteiger partial charge in [-0.3, -0.25) is 0 Å². The first-order valence-electron chi connectivity index (χ1n) is 4.96. The Bertz CT molecular complexity index is 145. The van der Waals surface area contributed by atoms with Gasteiger partial charge >= 0.3 is 0 Å². The van der Waals surface area contributed by atoms with E-state index in [0.29, 0.717) is 5.37 Å². The van der Waals surface area contributed by atoms with Gasteiger partial charge in [0.2, 0.25) is 0 Å². The first-order chi connectivity index (χ1) is 5.84. The molecule has 0 bridgehead atoms. The summed E-state index contributed by atoms with van der Waals surface area (Å²) in [6.07, 6.45) is 2.83. The largest absolute Gasteiger partial charge is 0.304 e. The van der Waals surface area contributed by atoms with Gasteiger partial charge in [0.1, 0.15) is 0 Å². The molecule has 70 valence electrons. The molecular weight excluding hydrogens is 168 g/mol. The quantitative estimate of drug-likeness (QED) is 0.696. The van der Waals surface area contributed by atoms with E-state index in [1.165, 1.54) is 39.0 Å². The Morgan fingerprint density at radius 2 is 2.17 bits per heavy atom. The summed E-state index contributed by atoms with van der Waals surface area (Å²) >= 11 is 2.10. The van der Waals surface area contributed by atoms with E-state index >= 15 is 0 Å². The van der Waals surface area contributed by atoms with E-state index in [4.69, 9.17) is 0 Å². The van der Waals surface area contributed by atoms with Crippen molar-refractivity contribution in [3.05, 3.63) is 0 Å². The molecule has 2 fully saturated rings. The fraction of sp³-hybridized carbons (Fsp3) is 1.00. The zero-order chi connectivity index (χ0) is 8.39. The van der Waals surface area contributed by atoms with Crippen LogP contribution in [0.3, 0.4) is 0 Å². The molecule has 0 aromatic carbocycles. The van der Waals surface area contributed by atoms with Crippen LogP contribution in [0.1, 0.15) is 19.8 Å². The summed E-state index contributed by atoms with van der Waals surface area (Å²) in [6, 6.07) is 0. The van der Waals surface area contributed by atoms with E-state index in [1.807, 2.05) is 0 Å². The van der Waals surface area contributed by atoms with Crippen molar-refractivity contribution in [2.45, 2.75) is 30.4 Å². The van der Waals surface area contributed by atoms with Crippen molar-refractivity contribution in [1.82, 2.24) is 10.2 Å². The minimum atomic E-state index is 0.678. The van der Waals surface area contributed by atoms with E-state index in [-0.39, 0.29) is 0 Å². The zero-order valence-electron chi connectivity index (χ0n) is 7.75. The van der Waals surface area contributed by atoms with Crippen LogP contribution in [0.5, 0.6) is 0 Å². The van der Waals surface area contributed by atoms with Crippen LogP contribution in [0.25, 0.3) is 0 Å². The molecule has 2 rings (SSSR count). The Balaban J connectivity index is 1.72. The van der Waals surface area contributed by atoms with Gasteiger partial charge in [0.15, 0.2) is 0 Å². The van der Waals surface area contributed by atoms with Gasteiger partial charge in [-0.25, -0.2) is 0 Å². The first-order valence-corrected chi connectivity index (χ1v) is 5.90. The van der Waals surface area contributed by atoms with Crippen LogP contribution in [0.2, 0.25) is 0 Å². The summed E-state index contributed by atoms with van der Waals surface area (Å²) in [5.41, 5.74) is 0. The molecule has 2 atom stereocenters. The molecule has 2 nitrogen and oxygen atoms in total. The maximum Gasteiger partial charge on any atom is 0.0507 e. The number of likely N-dealkylation sites (tertiary alicyclic amines) is 1. The Hall–Kier alpha value is 0.270. The predicted molar refractivity (Wildman–Crippen MR) is 54.5 cm³/mol. The van der Waals surface area contributed by atoms with Crippen molar-refractivity contribution in [2.24, 2.45) is 0 Å². The molecule has 0 aromatic rings. The highest BCUT2D eigenvalue weighted by atomic mass is 32.2. The van der Waals surface area contributed by atoms with E-state index in [2.05, 4.69) is 28.9 Å². The lowest BCUT2D eigenvalue weighted by Gasteiger charge is -2.18. The average molecular weight is 186 g/mol. The Labute approximate surface area is 79.1 Å². The van der Waals surface area contributed by atoms with Crippen molar-refractivity contribution in [3.8, 4) is 0 Å². The molecule has 0 aliphatic carbocycles. The van der Waals surface area contributed by atoms with Crippen LogP contribution in [0.15, 0.2) is 0 Å². The molecule has 2 saturated heterocycles. The van der Waals surface area contributed by atoms with Gasteiger partial charge in [0.25, 0.3) is 0 Å². The second kappa shape index (κ2) is 3.99. The van der Waals surface area contributed by atoms with E-state index < -0.39 is 0 Å². The minimum absolute atomic E-state index is 0.678. The average Bonchev–Trinajstić information content (AvgIpc) is 2.63. The van der Waals surface area contributed by atoms with E-state index in [9.17, 15) is 0 Å². The fourth-order valence-corrected chi connectivity index (χ4v) is 3.30. The number of rotatable bonds is 2. The lowest BCUT2D eigenvalue weighted by atomic mass is 10.4. The van der Waals surface area contributed by atoms with Crippen LogP contribution in [0, 0.1) is 0 Å². The molecule has 0 radical (unpaired) electrons. The molecule has 0 saturated carbocycles. The minimum Gasteiger partial charge on any atom is -0.304 e. The normalized spacial score (nSPS) is 37.8. The summed E-state index contributed by atoms with van der Waals surface area (Å²) in [5.74, 6) is 0. The van der Waals surface area contributed by atoms with Crippen LogP contribution >= 0.6 is 11.8 Å². The molecule has 2 heterocycles. The highest BCUT2D eigenvalue weighted by Gasteiger charge is 2.24. The molecule has 2 aliphatic heterocycles. The molecule has 0 aromatic heterocycles. The molecule has 3 heteroatoms. The maximum atomic E-state index is 3.48. The van der Waals surface area contributed by atoms with Gasteiger partial charge in [0.05, 0.1) is 5.37 Å². The third-order valence-corrected chi connectivity index (χ3v) is 3.97. The van der Waals surface area contributed by atoms with Gasteiger partial charge in [-0.15, -0.1) is 11.8 Å². The lowest BCUT2D eigenvalue weighted by molar-refractivity contribution is 0.339. The third kappa shape index (κ3) is 2.15. The molecule has 2 aliphatic rings. The first kappa shape index (κ1) is 8.85. The van der Waals surface area contributed by atoms with Gasteiger partial charge < -0.3 is 10.2 Å². The van der Waals surface area contributed by atoms with Crippen LogP contribution in [0.4, 0.5) is 0 Å². The summed E-state index contributed by atoms with van der Waals surface area (Å²) in [5, 5.41) is 5.00. The van der Waals surface area contributed by atoms with Gasteiger partial charge in [-0.05, 0) is 32.9 Å². The zero-order valence-corrected chi connectivity index (χ0v) is 8.57. The van der Waals surface area contributed by atoms with E-state index in [1.54, 1.807) is 0 Å². The maximum absolute atomic E-state index is 3.48. The highest BCUT2D eigenvalue weighted by molar-refractivity contribution is 8.00. The number of hydrogen-bond acceptors (Lipinski definition) is 3. The molecule has 1 N–H and O–H groups in total. The Morgan fingerprint density at radius 3 is 2.75 bits per heavy atom. The van der Waals surface area contributed by atoms with Gasteiger partial charge in [0, 0.05) is 18.3 Å². The second-order valence-corrected chi connectivity index (χ2v) is 5.46. The van der Waals surface area contributed by atoms with E-state index in [0.717, 1.165) is 5.25 Å². The molecule has 0 amide bonds. The molecular formula is C9H18N2S. The summed E-state index contributed by atoms with van der Waals surface area (Å²) < 4.78 is 0. The monoisotopic (exact) mass is 186 g/mol. The summed E-state index contributed by atoms with van der Waals surface area (Å²) in [4.78, 5) is 2.61. The van der Waals surface area contributed by atoms with Crippen molar-refractivity contribution in [3.63, 3.8) is 0 Å². The van der Waals surface area contributed by atoms with Crippen LogP contribution in [-0.4, -0.2) is 41.7 Å². The lowest BCUT2D eigenvalue weighted by Crippen LogP contribution is -2.30. The van der Waals surface area contributed by atoms with Crippen molar-refractivity contribution >= 4 is 11.8 Å². The topological polar surface area (TPSA) is 15.3 Å². The Kier molecular flexibility index (Phi) is 2.94. The second-order valence-electron chi connectivity index (χ2n) is 3.82. The Morgan fingerprint density at radius 1 is 1.42 bits per heavy atom. The fourth-order valence-electron chi connectivity index (χ4n) is 2.04. The van der Waals surface area contributed by atoms with Crippen molar-refractivity contribution in [2.75, 3.05) is 26.2 Å².